The second-order valence-electron chi connectivity index (χ2n) is 4.45. The van der Waals surface area contributed by atoms with Gasteiger partial charge in [0.05, 0.1) is 0 Å². The molecule has 1 heterocycles. The number of carbonyl (C=O) groups is 1. The Kier molecular flexibility index (Phi) is 3.83. The minimum absolute atomic E-state index is 0.161. The lowest BCUT2D eigenvalue weighted by atomic mass is 10.1. The number of hydrogen-bond donors (Lipinski definition) is 0. The van der Waals surface area contributed by atoms with Gasteiger partial charge in [-0.3, -0.25) is 9.78 Å². The lowest BCUT2D eigenvalue weighted by molar-refractivity contribution is -0.154. The molecule has 1 aromatic rings. The van der Waals surface area contributed by atoms with E-state index in [1.165, 1.54) is 0 Å². The van der Waals surface area contributed by atoms with Gasteiger partial charge < -0.3 is 4.74 Å². The normalized spacial score (nSPS) is 11.1. The van der Waals surface area contributed by atoms with E-state index in [4.69, 9.17) is 4.74 Å². The Bertz CT molecular complexity index is 314. The zero-order chi connectivity index (χ0) is 11.3. The van der Waals surface area contributed by atoms with Gasteiger partial charge in [0.1, 0.15) is 5.60 Å². The summed E-state index contributed by atoms with van der Waals surface area (Å²) in [6.07, 6.45) is 4.58. The van der Waals surface area contributed by atoms with Gasteiger partial charge in [-0.2, -0.15) is 0 Å². The summed E-state index contributed by atoms with van der Waals surface area (Å²) in [7, 11) is 0. The van der Waals surface area contributed by atoms with E-state index in [1.807, 2.05) is 32.9 Å². The summed E-state index contributed by atoms with van der Waals surface area (Å²) >= 11 is 0. The van der Waals surface area contributed by atoms with Crippen LogP contribution in [0.1, 0.15) is 32.8 Å². The molecule has 0 aliphatic rings. The van der Waals surface area contributed by atoms with E-state index in [0.717, 1.165) is 5.56 Å². The lowest BCUT2D eigenvalue weighted by Gasteiger charge is -2.19. The monoisotopic (exact) mass is 207 g/mol. The first-order valence-electron chi connectivity index (χ1n) is 5.08. The zero-order valence-electron chi connectivity index (χ0n) is 9.49. The Morgan fingerprint density at radius 2 is 2.20 bits per heavy atom. The van der Waals surface area contributed by atoms with Gasteiger partial charge in [0.2, 0.25) is 0 Å². The molecule has 0 fully saturated rings. The highest BCUT2D eigenvalue weighted by atomic mass is 16.6. The average Bonchev–Trinajstić information content (AvgIpc) is 2.14. The molecule has 0 saturated heterocycles. The number of nitrogens with zero attached hydrogens (tertiary/aromatic N) is 1. The Morgan fingerprint density at radius 1 is 1.47 bits per heavy atom. The fourth-order valence-corrected chi connectivity index (χ4v) is 1.18. The van der Waals surface area contributed by atoms with Crippen molar-refractivity contribution >= 4 is 5.97 Å². The van der Waals surface area contributed by atoms with Crippen LogP contribution in [0, 0.1) is 0 Å². The van der Waals surface area contributed by atoms with Crippen molar-refractivity contribution in [2.75, 3.05) is 0 Å². The summed E-state index contributed by atoms with van der Waals surface area (Å²) in [5, 5.41) is 0. The second kappa shape index (κ2) is 4.91. The standard InChI is InChI=1S/C12H17NO2/c1-12(2,3)15-11(14)7-6-10-5-4-8-13-9-10/h4-5,8-9H,6-7H2,1-3H3. The topological polar surface area (TPSA) is 39.2 Å². The van der Waals surface area contributed by atoms with Crippen molar-refractivity contribution in [2.24, 2.45) is 0 Å². The van der Waals surface area contributed by atoms with Crippen molar-refractivity contribution in [1.29, 1.82) is 0 Å². The van der Waals surface area contributed by atoms with E-state index in [1.54, 1.807) is 12.4 Å². The molecule has 1 aromatic heterocycles. The van der Waals surface area contributed by atoms with Crippen LogP contribution in [0.4, 0.5) is 0 Å². The van der Waals surface area contributed by atoms with Gasteiger partial charge in [-0.05, 0) is 38.8 Å². The molecule has 0 bridgehead atoms. The zero-order valence-corrected chi connectivity index (χ0v) is 9.49. The quantitative estimate of drug-likeness (QED) is 0.714. The summed E-state index contributed by atoms with van der Waals surface area (Å²) < 4.78 is 5.20. The van der Waals surface area contributed by atoms with Gasteiger partial charge >= 0.3 is 5.97 Å². The third kappa shape index (κ3) is 5.15. The predicted octanol–water partition coefficient (Wildman–Crippen LogP) is 2.36. The number of carbonyl (C=O) groups excluding carboxylic acids is 1. The fourth-order valence-electron chi connectivity index (χ4n) is 1.18. The molecule has 0 aliphatic carbocycles. The molecule has 1 rings (SSSR count). The number of esters is 1. The SMILES string of the molecule is CC(C)(C)OC(=O)CCc1cccnc1. The number of pyridine rings is 1. The highest BCUT2D eigenvalue weighted by Gasteiger charge is 2.15. The molecule has 0 saturated carbocycles. The number of aromatic nitrogens is 1. The number of aryl methyl sites for hydroxylation is 1. The van der Waals surface area contributed by atoms with Crippen LogP contribution in [-0.2, 0) is 16.0 Å². The van der Waals surface area contributed by atoms with E-state index in [-0.39, 0.29) is 5.97 Å². The van der Waals surface area contributed by atoms with E-state index in [2.05, 4.69) is 4.98 Å². The first-order valence-corrected chi connectivity index (χ1v) is 5.08. The Hall–Kier alpha value is -1.38. The molecule has 0 aliphatic heterocycles. The summed E-state index contributed by atoms with van der Waals surface area (Å²) in [5.41, 5.74) is 0.662. The molecule has 0 N–H and O–H groups in total. The molecular weight excluding hydrogens is 190 g/mol. The van der Waals surface area contributed by atoms with Crippen molar-refractivity contribution in [1.82, 2.24) is 4.98 Å². The lowest BCUT2D eigenvalue weighted by Crippen LogP contribution is -2.24. The highest BCUT2D eigenvalue weighted by molar-refractivity contribution is 5.70. The third-order valence-electron chi connectivity index (χ3n) is 1.76. The molecule has 15 heavy (non-hydrogen) atoms. The van der Waals surface area contributed by atoms with Crippen molar-refractivity contribution in [3.63, 3.8) is 0 Å². The first kappa shape index (κ1) is 11.7. The maximum atomic E-state index is 11.4. The van der Waals surface area contributed by atoms with Gasteiger partial charge in [0.25, 0.3) is 0 Å². The van der Waals surface area contributed by atoms with Crippen LogP contribution in [0.25, 0.3) is 0 Å². The molecule has 0 radical (unpaired) electrons. The second-order valence-corrected chi connectivity index (χ2v) is 4.45. The average molecular weight is 207 g/mol. The minimum Gasteiger partial charge on any atom is -0.460 e. The van der Waals surface area contributed by atoms with E-state index in [9.17, 15) is 4.79 Å². The van der Waals surface area contributed by atoms with Crippen LogP contribution < -0.4 is 0 Å². The molecule has 0 amide bonds. The van der Waals surface area contributed by atoms with Crippen LogP contribution in [0.3, 0.4) is 0 Å². The molecule has 3 heteroatoms. The van der Waals surface area contributed by atoms with Gasteiger partial charge in [0, 0.05) is 18.8 Å². The van der Waals surface area contributed by atoms with Crippen molar-refractivity contribution in [3.05, 3.63) is 30.1 Å². The van der Waals surface area contributed by atoms with Gasteiger partial charge in [-0.1, -0.05) is 6.07 Å². The van der Waals surface area contributed by atoms with Crippen LogP contribution >= 0.6 is 0 Å². The fraction of sp³-hybridized carbons (Fsp3) is 0.500. The van der Waals surface area contributed by atoms with Crippen molar-refractivity contribution in [3.8, 4) is 0 Å². The maximum absolute atomic E-state index is 11.4. The smallest absolute Gasteiger partial charge is 0.306 e. The summed E-state index contributed by atoms with van der Waals surface area (Å²) in [6.45, 7) is 5.61. The van der Waals surface area contributed by atoms with Gasteiger partial charge in [0.15, 0.2) is 0 Å². The minimum atomic E-state index is -0.397. The van der Waals surface area contributed by atoms with Crippen LogP contribution in [0.2, 0.25) is 0 Å². The largest absolute Gasteiger partial charge is 0.460 e. The number of hydrogen-bond acceptors (Lipinski definition) is 3. The Balaban J connectivity index is 2.35. The Labute approximate surface area is 90.5 Å². The maximum Gasteiger partial charge on any atom is 0.306 e. The third-order valence-corrected chi connectivity index (χ3v) is 1.76. The molecular formula is C12H17NO2. The van der Waals surface area contributed by atoms with Crippen LogP contribution in [0.5, 0.6) is 0 Å². The van der Waals surface area contributed by atoms with E-state index < -0.39 is 5.60 Å². The molecule has 0 atom stereocenters. The van der Waals surface area contributed by atoms with Crippen molar-refractivity contribution < 1.29 is 9.53 Å². The molecule has 82 valence electrons. The van der Waals surface area contributed by atoms with Crippen molar-refractivity contribution in [2.45, 2.75) is 39.2 Å². The number of rotatable bonds is 3. The van der Waals surface area contributed by atoms with Gasteiger partial charge in [-0.25, -0.2) is 0 Å². The Morgan fingerprint density at radius 3 is 2.73 bits per heavy atom. The van der Waals surface area contributed by atoms with Gasteiger partial charge in [-0.15, -0.1) is 0 Å². The summed E-state index contributed by atoms with van der Waals surface area (Å²) in [4.78, 5) is 15.4. The predicted molar refractivity (Wildman–Crippen MR) is 58.4 cm³/mol. The van der Waals surface area contributed by atoms with Crippen LogP contribution in [0.15, 0.2) is 24.5 Å². The summed E-state index contributed by atoms with van der Waals surface area (Å²) in [5.74, 6) is -0.161. The molecule has 0 spiro atoms. The van der Waals surface area contributed by atoms with Crippen LogP contribution in [-0.4, -0.2) is 16.6 Å². The van der Waals surface area contributed by atoms with E-state index >= 15 is 0 Å². The molecule has 3 nitrogen and oxygen atoms in total. The molecule has 0 unspecified atom stereocenters. The molecule has 0 aromatic carbocycles. The summed E-state index contributed by atoms with van der Waals surface area (Å²) in [6, 6.07) is 3.82. The van der Waals surface area contributed by atoms with E-state index in [0.29, 0.717) is 12.8 Å². The first-order chi connectivity index (χ1) is 6.97. The number of ether oxygens (including phenoxy) is 1. The highest BCUT2D eigenvalue weighted by Crippen LogP contribution is 2.09.